The molecule has 176 valence electrons. The van der Waals surface area contributed by atoms with E-state index in [4.69, 9.17) is 4.99 Å². The maximum atomic E-state index is 11.4. The van der Waals surface area contributed by atoms with Crippen molar-refractivity contribution < 1.29 is 4.79 Å². The van der Waals surface area contributed by atoms with Crippen molar-refractivity contribution in [3.05, 3.63) is 35.9 Å². The van der Waals surface area contributed by atoms with Crippen LogP contribution in [0.15, 0.2) is 35.3 Å². The fourth-order valence-electron chi connectivity index (χ4n) is 3.57. The minimum atomic E-state index is 0. The van der Waals surface area contributed by atoms with Crippen LogP contribution in [0.25, 0.3) is 0 Å². The Hall–Kier alpha value is -1.39. The quantitative estimate of drug-likeness (QED) is 0.269. The van der Waals surface area contributed by atoms with E-state index in [-0.39, 0.29) is 29.9 Å². The van der Waals surface area contributed by atoms with Crippen LogP contribution in [0.4, 0.5) is 0 Å². The number of aliphatic imine (C=N–C) groups is 1. The molecule has 0 spiro atoms. The number of halogens is 1. The summed E-state index contributed by atoms with van der Waals surface area (Å²) in [5, 5.41) is 6.79. The maximum absolute atomic E-state index is 11.4. The van der Waals surface area contributed by atoms with E-state index >= 15 is 0 Å². The molecule has 1 heterocycles. The lowest BCUT2D eigenvalue weighted by Crippen LogP contribution is -2.50. The summed E-state index contributed by atoms with van der Waals surface area (Å²) in [6.45, 7) is 14.0. The highest BCUT2D eigenvalue weighted by Gasteiger charge is 2.18. The first-order chi connectivity index (χ1) is 14.5. The zero-order chi connectivity index (χ0) is 21.8. The SMILES string of the molecule is CCNC(=NCCC(C)N(C)Cc1ccccc1)NCCN1CCN(C(C)=O)CC1.I. The molecule has 2 N–H and O–H groups in total. The van der Waals surface area contributed by atoms with E-state index in [2.05, 4.69) is 71.7 Å². The Balaban J connectivity index is 0.00000480. The van der Waals surface area contributed by atoms with Crippen LogP contribution in [-0.4, -0.2) is 92.0 Å². The Kier molecular flexibility index (Phi) is 13.7. The molecule has 1 amide bonds. The van der Waals surface area contributed by atoms with Crippen molar-refractivity contribution in [2.24, 2.45) is 4.99 Å². The summed E-state index contributed by atoms with van der Waals surface area (Å²) in [5.74, 6) is 1.07. The van der Waals surface area contributed by atoms with E-state index in [1.54, 1.807) is 6.92 Å². The van der Waals surface area contributed by atoms with Crippen molar-refractivity contribution in [2.75, 3.05) is 59.4 Å². The van der Waals surface area contributed by atoms with Gasteiger partial charge in [-0.1, -0.05) is 30.3 Å². The van der Waals surface area contributed by atoms with Gasteiger partial charge in [0.15, 0.2) is 5.96 Å². The first-order valence-corrected chi connectivity index (χ1v) is 11.2. The number of carbonyl (C=O) groups is 1. The number of hydrogen-bond donors (Lipinski definition) is 2. The molecular weight excluding hydrogens is 503 g/mol. The van der Waals surface area contributed by atoms with Gasteiger partial charge in [-0.15, -0.1) is 24.0 Å². The van der Waals surface area contributed by atoms with Crippen LogP contribution in [0.1, 0.15) is 32.8 Å². The molecule has 1 aliphatic heterocycles. The van der Waals surface area contributed by atoms with Crippen LogP contribution in [-0.2, 0) is 11.3 Å². The summed E-state index contributed by atoms with van der Waals surface area (Å²) in [5.41, 5.74) is 1.34. The van der Waals surface area contributed by atoms with Gasteiger partial charge in [0, 0.05) is 71.9 Å². The fourth-order valence-corrected chi connectivity index (χ4v) is 3.57. The summed E-state index contributed by atoms with van der Waals surface area (Å²) in [6.07, 6.45) is 1.02. The summed E-state index contributed by atoms with van der Waals surface area (Å²) < 4.78 is 0. The first-order valence-electron chi connectivity index (χ1n) is 11.2. The van der Waals surface area contributed by atoms with Gasteiger partial charge in [-0.3, -0.25) is 19.6 Å². The van der Waals surface area contributed by atoms with Gasteiger partial charge >= 0.3 is 0 Å². The van der Waals surface area contributed by atoms with Crippen LogP contribution in [0.3, 0.4) is 0 Å². The average Bonchev–Trinajstić information content (AvgIpc) is 2.74. The number of hydrogen-bond acceptors (Lipinski definition) is 4. The van der Waals surface area contributed by atoms with Crippen LogP contribution in [0.2, 0.25) is 0 Å². The number of carbonyl (C=O) groups excluding carboxylic acids is 1. The lowest BCUT2D eigenvalue weighted by Gasteiger charge is -2.34. The van der Waals surface area contributed by atoms with Gasteiger partial charge in [0.1, 0.15) is 0 Å². The number of benzene rings is 1. The zero-order valence-corrected chi connectivity index (χ0v) is 22.0. The molecule has 1 aromatic rings. The standard InChI is InChI=1S/C23H40N6O.HI/c1-5-24-23(26-13-14-28-15-17-29(18-16-28)21(3)30)25-12-11-20(2)27(4)19-22-9-7-6-8-10-22;/h6-10,20H,5,11-19H2,1-4H3,(H2,24,25,26);1H. The van der Waals surface area contributed by atoms with Gasteiger partial charge in [0.05, 0.1) is 0 Å². The number of piperazine rings is 1. The molecule has 1 saturated heterocycles. The molecule has 8 heteroatoms. The molecule has 1 unspecified atom stereocenters. The highest BCUT2D eigenvalue weighted by atomic mass is 127. The lowest BCUT2D eigenvalue weighted by atomic mass is 10.1. The van der Waals surface area contributed by atoms with Crippen molar-refractivity contribution >= 4 is 35.8 Å². The van der Waals surface area contributed by atoms with Gasteiger partial charge in [-0.25, -0.2) is 0 Å². The third kappa shape index (κ3) is 10.7. The molecular formula is C23H41IN6O. The van der Waals surface area contributed by atoms with E-state index < -0.39 is 0 Å². The van der Waals surface area contributed by atoms with Crippen LogP contribution < -0.4 is 10.6 Å². The van der Waals surface area contributed by atoms with E-state index in [9.17, 15) is 4.79 Å². The highest BCUT2D eigenvalue weighted by Crippen LogP contribution is 2.08. The first kappa shape index (κ1) is 27.6. The smallest absolute Gasteiger partial charge is 0.219 e. The molecule has 31 heavy (non-hydrogen) atoms. The van der Waals surface area contributed by atoms with Crippen molar-refractivity contribution in [3.8, 4) is 0 Å². The van der Waals surface area contributed by atoms with Crippen molar-refractivity contribution in [1.82, 2.24) is 25.3 Å². The minimum Gasteiger partial charge on any atom is -0.357 e. The van der Waals surface area contributed by atoms with Crippen LogP contribution >= 0.6 is 24.0 Å². The lowest BCUT2D eigenvalue weighted by molar-refractivity contribution is -0.130. The fraction of sp³-hybridized carbons (Fsp3) is 0.652. The Labute approximate surface area is 205 Å². The monoisotopic (exact) mass is 544 g/mol. The Morgan fingerprint density at radius 3 is 2.45 bits per heavy atom. The number of guanidine groups is 1. The molecule has 1 atom stereocenters. The third-order valence-corrected chi connectivity index (χ3v) is 5.73. The van der Waals surface area contributed by atoms with Gasteiger partial charge in [0.2, 0.25) is 5.91 Å². The van der Waals surface area contributed by atoms with E-state index in [1.807, 2.05) is 4.90 Å². The Morgan fingerprint density at radius 2 is 1.84 bits per heavy atom. The van der Waals surface area contributed by atoms with Crippen LogP contribution in [0.5, 0.6) is 0 Å². The van der Waals surface area contributed by atoms with Gasteiger partial charge < -0.3 is 15.5 Å². The third-order valence-electron chi connectivity index (χ3n) is 5.73. The second-order valence-corrected chi connectivity index (χ2v) is 8.07. The molecule has 0 bridgehead atoms. The second-order valence-electron chi connectivity index (χ2n) is 8.07. The minimum absolute atomic E-state index is 0. The van der Waals surface area contributed by atoms with Crippen molar-refractivity contribution in [3.63, 3.8) is 0 Å². The summed E-state index contributed by atoms with van der Waals surface area (Å²) in [4.78, 5) is 22.9. The van der Waals surface area contributed by atoms with Gasteiger partial charge in [0.25, 0.3) is 0 Å². The van der Waals surface area contributed by atoms with E-state index in [0.717, 1.165) is 71.3 Å². The zero-order valence-electron chi connectivity index (χ0n) is 19.6. The normalized spacial score (nSPS) is 16.0. The number of amides is 1. The van der Waals surface area contributed by atoms with Crippen LogP contribution in [0, 0.1) is 0 Å². The number of nitrogens with zero attached hydrogens (tertiary/aromatic N) is 4. The summed E-state index contributed by atoms with van der Waals surface area (Å²) in [6, 6.07) is 11.1. The Bertz CT molecular complexity index is 649. The predicted molar refractivity (Wildman–Crippen MR) is 140 cm³/mol. The molecule has 1 aromatic carbocycles. The predicted octanol–water partition coefficient (Wildman–Crippen LogP) is 2.23. The summed E-state index contributed by atoms with van der Waals surface area (Å²) in [7, 11) is 2.18. The molecule has 1 fully saturated rings. The van der Waals surface area contributed by atoms with E-state index in [1.165, 1.54) is 5.56 Å². The molecule has 0 aliphatic carbocycles. The van der Waals surface area contributed by atoms with Crippen molar-refractivity contribution in [1.29, 1.82) is 0 Å². The number of nitrogens with one attached hydrogen (secondary N) is 2. The van der Waals surface area contributed by atoms with Crippen molar-refractivity contribution in [2.45, 2.75) is 39.8 Å². The maximum Gasteiger partial charge on any atom is 0.219 e. The van der Waals surface area contributed by atoms with Gasteiger partial charge in [-0.05, 0) is 32.9 Å². The molecule has 0 radical (unpaired) electrons. The highest BCUT2D eigenvalue weighted by molar-refractivity contribution is 14.0. The summed E-state index contributed by atoms with van der Waals surface area (Å²) >= 11 is 0. The van der Waals surface area contributed by atoms with E-state index in [0.29, 0.717) is 6.04 Å². The molecule has 2 rings (SSSR count). The topological polar surface area (TPSA) is 63.2 Å². The largest absolute Gasteiger partial charge is 0.357 e. The van der Waals surface area contributed by atoms with Gasteiger partial charge in [-0.2, -0.15) is 0 Å². The molecule has 7 nitrogen and oxygen atoms in total. The molecule has 0 saturated carbocycles. The molecule has 1 aliphatic rings. The number of rotatable bonds is 10. The Morgan fingerprint density at radius 1 is 1.16 bits per heavy atom. The second kappa shape index (κ2) is 15.4. The average molecular weight is 545 g/mol. The molecule has 0 aromatic heterocycles.